The fourth-order valence-electron chi connectivity index (χ4n) is 5.53. The minimum atomic E-state index is -1.15. The van der Waals surface area contributed by atoms with E-state index in [9.17, 15) is 24.6 Å². The first-order chi connectivity index (χ1) is 13.4. The Morgan fingerprint density at radius 2 is 2.03 bits per heavy atom. The van der Waals surface area contributed by atoms with Crippen LogP contribution in [0.1, 0.15) is 47.0 Å². The average molecular weight is 408 g/mol. The molecule has 2 bridgehead atoms. The third-order valence-electron chi connectivity index (χ3n) is 6.72. The zero-order chi connectivity index (χ0) is 21.8. The second kappa shape index (κ2) is 7.09. The van der Waals surface area contributed by atoms with Gasteiger partial charge in [-0.15, -0.1) is 6.58 Å². The SMILES string of the molecule is C=CCN(C(=O)C1N(CCCO)C(=O)[C@@H]2[C@@H](C(=O)O)[C@@]3(C)CCC12O3)C(C)(C)C. The Kier molecular flexibility index (Phi) is 5.32. The molecular formula is C21H32N2O6. The van der Waals surface area contributed by atoms with Crippen LogP contribution in [0.25, 0.3) is 0 Å². The lowest BCUT2D eigenvalue weighted by atomic mass is 9.66. The first-order valence-corrected chi connectivity index (χ1v) is 10.2. The van der Waals surface area contributed by atoms with E-state index >= 15 is 0 Å². The molecule has 3 fully saturated rings. The quantitative estimate of drug-likeness (QED) is 0.610. The molecule has 162 valence electrons. The molecule has 0 aromatic carbocycles. The third kappa shape index (κ3) is 3.08. The van der Waals surface area contributed by atoms with Crippen LogP contribution in [-0.2, 0) is 19.1 Å². The normalized spacial score (nSPS) is 35.7. The number of carboxylic acids is 1. The molecular weight excluding hydrogens is 376 g/mol. The number of carboxylic acid groups (broad SMARTS) is 1. The first kappa shape index (κ1) is 21.8. The summed E-state index contributed by atoms with van der Waals surface area (Å²) in [6.45, 7) is 11.6. The van der Waals surface area contributed by atoms with Crippen molar-refractivity contribution in [3.63, 3.8) is 0 Å². The van der Waals surface area contributed by atoms with Crippen molar-refractivity contribution in [1.82, 2.24) is 9.80 Å². The molecule has 3 saturated heterocycles. The number of hydrogen-bond acceptors (Lipinski definition) is 5. The van der Waals surface area contributed by atoms with Gasteiger partial charge in [-0.25, -0.2) is 0 Å². The number of hydrogen-bond donors (Lipinski definition) is 2. The molecule has 0 aromatic heterocycles. The van der Waals surface area contributed by atoms with Gasteiger partial charge in [-0.2, -0.15) is 0 Å². The molecule has 0 aliphatic carbocycles. The molecule has 0 saturated carbocycles. The molecule has 2 amide bonds. The van der Waals surface area contributed by atoms with E-state index in [0.717, 1.165) is 0 Å². The number of ether oxygens (including phenoxy) is 1. The monoisotopic (exact) mass is 408 g/mol. The maximum Gasteiger partial charge on any atom is 0.310 e. The smallest absolute Gasteiger partial charge is 0.310 e. The van der Waals surface area contributed by atoms with Crippen molar-refractivity contribution in [3.8, 4) is 0 Å². The van der Waals surface area contributed by atoms with Crippen LogP contribution in [0.2, 0.25) is 0 Å². The Bertz CT molecular complexity index is 731. The molecule has 0 radical (unpaired) electrons. The molecule has 29 heavy (non-hydrogen) atoms. The highest BCUT2D eigenvalue weighted by Crippen LogP contribution is 2.63. The molecule has 0 aromatic rings. The summed E-state index contributed by atoms with van der Waals surface area (Å²) in [7, 11) is 0. The van der Waals surface area contributed by atoms with Crippen LogP contribution in [0.5, 0.6) is 0 Å². The van der Waals surface area contributed by atoms with Crippen LogP contribution in [0.4, 0.5) is 0 Å². The number of likely N-dealkylation sites (tertiary alicyclic amines) is 1. The van der Waals surface area contributed by atoms with Gasteiger partial charge in [-0.1, -0.05) is 6.08 Å². The molecule has 3 aliphatic rings. The predicted molar refractivity (Wildman–Crippen MR) is 105 cm³/mol. The van der Waals surface area contributed by atoms with Crippen molar-refractivity contribution in [2.75, 3.05) is 19.7 Å². The topological polar surface area (TPSA) is 107 Å². The van der Waals surface area contributed by atoms with Gasteiger partial charge in [0.25, 0.3) is 0 Å². The third-order valence-corrected chi connectivity index (χ3v) is 6.72. The molecule has 3 heterocycles. The number of nitrogens with zero attached hydrogens (tertiary/aromatic N) is 2. The van der Waals surface area contributed by atoms with Crippen LogP contribution in [-0.4, -0.2) is 80.3 Å². The number of aliphatic hydroxyl groups is 1. The summed E-state index contributed by atoms with van der Waals surface area (Å²) in [6, 6.07) is -0.906. The molecule has 8 heteroatoms. The number of rotatable bonds is 7. The summed E-state index contributed by atoms with van der Waals surface area (Å²) < 4.78 is 6.32. The van der Waals surface area contributed by atoms with Crippen molar-refractivity contribution in [1.29, 1.82) is 0 Å². The molecule has 2 unspecified atom stereocenters. The average Bonchev–Trinajstić information content (AvgIpc) is 3.17. The lowest BCUT2D eigenvalue weighted by Crippen LogP contribution is -2.60. The van der Waals surface area contributed by atoms with E-state index in [4.69, 9.17) is 4.74 Å². The van der Waals surface area contributed by atoms with Gasteiger partial charge in [0, 0.05) is 25.2 Å². The fourth-order valence-corrected chi connectivity index (χ4v) is 5.53. The zero-order valence-electron chi connectivity index (χ0n) is 17.7. The van der Waals surface area contributed by atoms with Gasteiger partial charge in [0.1, 0.15) is 11.6 Å². The van der Waals surface area contributed by atoms with Crippen LogP contribution < -0.4 is 0 Å². The molecule has 3 rings (SSSR count). The lowest BCUT2D eigenvalue weighted by molar-refractivity contribution is -0.157. The molecule has 1 spiro atoms. The Morgan fingerprint density at radius 3 is 2.55 bits per heavy atom. The van der Waals surface area contributed by atoms with Crippen molar-refractivity contribution < 1.29 is 29.3 Å². The van der Waals surface area contributed by atoms with E-state index in [1.165, 1.54) is 4.90 Å². The minimum Gasteiger partial charge on any atom is -0.481 e. The molecule has 3 aliphatic heterocycles. The highest BCUT2D eigenvalue weighted by atomic mass is 16.5. The summed E-state index contributed by atoms with van der Waals surface area (Å²) in [5.74, 6) is -3.57. The van der Waals surface area contributed by atoms with E-state index in [0.29, 0.717) is 25.8 Å². The van der Waals surface area contributed by atoms with Crippen LogP contribution in [0.3, 0.4) is 0 Å². The Hall–Kier alpha value is -1.93. The summed E-state index contributed by atoms with van der Waals surface area (Å²) >= 11 is 0. The first-order valence-electron chi connectivity index (χ1n) is 10.2. The van der Waals surface area contributed by atoms with Crippen molar-refractivity contribution in [2.45, 2.75) is 69.7 Å². The fraction of sp³-hybridized carbons (Fsp3) is 0.762. The largest absolute Gasteiger partial charge is 0.481 e. The summed E-state index contributed by atoms with van der Waals surface area (Å²) in [6.07, 6.45) is 2.90. The lowest BCUT2D eigenvalue weighted by Gasteiger charge is -2.42. The van der Waals surface area contributed by atoms with Gasteiger partial charge in [-0.3, -0.25) is 14.4 Å². The number of carbonyl (C=O) groups excluding carboxylic acids is 2. The van der Waals surface area contributed by atoms with Gasteiger partial charge in [0.2, 0.25) is 11.8 Å². The van der Waals surface area contributed by atoms with Crippen molar-refractivity contribution >= 4 is 17.8 Å². The Balaban J connectivity index is 2.10. The van der Waals surface area contributed by atoms with Gasteiger partial charge in [0.05, 0.1) is 17.4 Å². The Labute approximate surface area is 171 Å². The van der Waals surface area contributed by atoms with Crippen LogP contribution in [0.15, 0.2) is 12.7 Å². The number of fused-ring (bicyclic) bond motifs is 1. The van der Waals surface area contributed by atoms with E-state index in [1.54, 1.807) is 17.9 Å². The zero-order valence-corrected chi connectivity index (χ0v) is 17.7. The van der Waals surface area contributed by atoms with E-state index in [2.05, 4.69) is 6.58 Å². The highest BCUT2D eigenvalue weighted by Gasteiger charge is 2.78. The second-order valence-electron chi connectivity index (χ2n) is 9.58. The minimum absolute atomic E-state index is 0.126. The van der Waals surface area contributed by atoms with Crippen molar-refractivity contribution in [2.24, 2.45) is 11.8 Å². The van der Waals surface area contributed by atoms with Crippen LogP contribution >= 0.6 is 0 Å². The van der Waals surface area contributed by atoms with Gasteiger partial charge < -0.3 is 24.7 Å². The van der Waals surface area contributed by atoms with E-state index in [-0.39, 0.29) is 25.0 Å². The standard InChI is InChI=1S/C21H32N2O6/c1-6-10-23(19(2,3)4)17(26)15-21-9-8-20(5,29-21)14(18(27)28)13(21)16(25)22(15)11-7-12-24/h6,13-15,24H,1,7-12H2,2-5H3,(H,27,28)/t13-,14-,15?,20+,21?/m0/s1. The van der Waals surface area contributed by atoms with E-state index in [1.807, 2.05) is 20.8 Å². The summed E-state index contributed by atoms with van der Waals surface area (Å²) in [4.78, 5) is 42.4. The number of carbonyl (C=O) groups is 3. The molecule has 2 N–H and O–H groups in total. The van der Waals surface area contributed by atoms with Gasteiger partial charge >= 0.3 is 5.97 Å². The van der Waals surface area contributed by atoms with Crippen molar-refractivity contribution in [3.05, 3.63) is 12.7 Å². The summed E-state index contributed by atoms with van der Waals surface area (Å²) in [5.41, 5.74) is -2.62. The molecule has 5 atom stereocenters. The summed E-state index contributed by atoms with van der Waals surface area (Å²) in [5, 5.41) is 19.2. The number of aliphatic carboxylic acids is 1. The number of amides is 2. The molecule has 8 nitrogen and oxygen atoms in total. The highest BCUT2D eigenvalue weighted by molar-refractivity contribution is 5.98. The van der Waals surface area contributed by atoms with E-state index < -0.39 is 40.6 Å². The van der Waals surface area contributed by atoms with Crippen LogP contribution in [0, 0.1) is 11.8 Å². The van der Waals surface area contributed by atoms with Gasteiger partial charge in [-0.05, 0) is 47.0 Å². The predicted octanol–water partition coefficient (Wildman–Crippen LogP) is 1.03. The Morgan fingerprint density at radius 1 is 1.38 bits per heavy atom. The second-order valence-corrected chi connectivity index (χ2v) is 9.58. The van der Waals surface area contributed by atoms with Gasteiger partial charge in [0.15, 0.2) is 0 Å². The maximum atomic E-state index is 13.8. The number of aliphatic hydroxyl groups excluding tert-OH is 1. The maximum absolute atomic E-state index is 13.8.